The summed E-state index contributed by atoms with van der Waals surface area (Å²) in [7, 11) is 0. The van der Waals surface area contributed by atoms with Gasteiger partial charge in [0.2, 0.25) is 5.91 Å². The summed E-state index contributed by atoms with van der Waals surface area (Å²) in [6.07, 6.45) is 3.14. The number of likely N-dealkylation sites (tertiary alicyclic amines) is 1. The molecule has 0 unspecified atom stereocenters. The van der Waals surface area contributed by atoms with E-state index < -0.39 is 17.6 Å². The van der Waals surface area contributed by atoms with Gasteiger partial charge in [-0.1, -0.05) is 6.42 Å². The molecule has 8 heteroatoms. The van der Waals surface area contributed by atoms with Gasteiger partial charge in [0.25, 0.3) is 11.8 Å². The second-order valence-electron chi connectivity index (χ2n) is 5.46. The Morgan fingerprint density at radius 1 is 1.08 bits per heavy atom. The average molecular weight is 337 g/mol. The highest BCUT2D eigenvalue weighted by atomic mass is 19.1. The Balaban J connectivity index is 1.67. The quantitative estimate of drug-likeness (QED) is 0.777. The molecule has 1 aliphatic rings. The molecule has 0 spiro atoms. The number of halogens is 1. The van der Waals surface area contributed by atoms with E-state index in [1.54, 1.807) is 0 Å². The van der Waals surface area contributed by atoms with Crippen molar-refractivity contribution in [2.45, 2.75) is 25.7 Å². The summed E-state index contributed by atoms with van der Waals surface area (Å²) in [5.41, 5.74) is 4.45. The van der Waals surface area contributed by atoms with Crippen LogP contribution in [0.2, 0.25) is 0 Å². The van der Waals surface area contributed by atoms with Crippen molar-refractivity contribution in [3.63, 3.8) is 0 Å². The highest BCUT2D eigenvalue weighted by Gasteiger charge is 2.19. The van der Waals surface area contributed by atoms with Gasteiger partial charge in [-0.2, -0.15) is 0 Å². The van der Waals surface area contributed by atoms with Crippen molar-refractivity contribution >= 4 is 17.7 Å². The van der Waals surface area contributed by atoms with E-state index >= 15 is 0 Å². The summed E-state index contributed by atoms with van der Waals surface area (Å²) in [5, 5.41) is 0. The number of hydrogen-bond acceptors (Lipinski definition) is 4. The number of amides is 3. The first-order chi connectivity index (χ1) is 11.5. The maximum absolute atomic E-state index is 12.7. The maximum atomic E-state index is 12.7. The van der Waals surface area contributed by atoms with Crippen molar-refractivity contribution in [3.05, 3.63) is 30.1 Å². The van der Waals surface area contributed by atoms with Gasteiger partial charge in [0.1, 0.15) is 18.1 Å². The van der Waals surface area contributed by atoms with Crippen LogP contribution in [0.5, 0.6) is 5.75 Å². The standard InChI is InChI=1S/C16H20FN3O4/c17-12-5-7-13(8-6-12)24-11-15(22)19-18-14(21)10-20-9-3-1-2-4-16(20)23/h5-8H,1-4,9-11H2,(H,18,21)(H,19,22). The molecule has 3 amide bonds. The van der Waals surface area contributed by atoms with Gasteiger partial charge in [0, 0.05) is 13.0 Å². The lowest BCUT2D eigenvalue weighted by Crippen LogP contribution is -2.48. The lowest BCUT2D eigenvalue weighted by molar-refractivity contribution is -0.136. The van der Waals surface area contributed by atoms with Crippen LogP contribution in [0, 0.1) is 5.82 Å². The number of carbonyl (C=O) groups is 3. The van der Waals surface area contributed by atoms with Crippen LogP contribution in [0.4, 0.5) is 4.39 Å². The molecule has 0 saturated carbocycles. The molecule has 0 bridgehead atoms. The molecule has 1 fully saturated rings. The number of hydrogen-bond donors (Lipinski definition) is 2. The van der Waals surface area contributed by atoms with Crippen molar-refractivity contribution in [1.82, 2.24) is 15.8 Å². The Bertz CT molecular complexity index is 591. The van der Waals surface area contributed by atoms with E-state index in [1.807, 2.05) is 0 Å². The molecule has 1 aromatic carbocycles. The van der Waals surface area contributed by atoms with E-state index in [0.29, 0.717) is 18.7 Å². The predicted molar refractivity (Wildman–Crippen MR) is 83.2 cm³/mol. The largest absolute Gasteiger partial charge is 0.484 e. The molecule has 2 rings (SSSR count). The molecular formula is C16H20FN3O4. The van der Waals surface area contributed by atoms with Gasteiger partial charge < -0.3 is 9.64 Å². The molecule has 130 valence electrons. The van der Waals surface area contributed by atoms with Crippen LogP contribution < -0.4 is 15.6 Å². The number of nitrogens with zero attached hydrogens (tertiary/aromatic N) is 1. The highest BCUT2D eigenvalue weighted by Crippen LogP contribution is 2.11. The molecule has 7 nitrogen and oxygen atoms in total. The Morgan fingerprint density at radius 2 is 1.79 bits per heavy atom. The van der Waals surface area contributed by atoms with Crippen LogP contribution in [-0.2, 0) is 14.4 Å². The van der Waals surface area contributed by atoms with Gasteiger partial charge in [0.05, 0.1) is 0 Å². The van der Waals surface area contributed by atoms with Crippen LogP contribution in [0.15, 0.2) is 24.3 Å². The minimum atomic E-state index is -0.560. The second kappa shape index (κ2) is 8.85. The first-order valence-electron chi connectivity index (χ1n) is 7.78. The molecule has 0 aliphatic carbocycles. The third-order valence-electron chi connectivity index (χ3n) is 3.53. The molecule has 0 aromatic heterocycles. The topological polar surface area (TPSA) is 87.7 Å². The molecule has 0 atom stereocenters. The molecule has 1 aromatic rings. The Labute approximate surface area is 139 Å². The number of rotatable bonds is 5. The summed E-state index contributed by atoms with van der Waals surface area (Å²) >= 11 is 0. The number of hydrazine groups is 1. The van der Waals surface area contributed by atoms with E-state index in [-0.39, 0.29) is 19.1 Å². The number of ether oxygens (including phenoxy) is 1. The third kappa shape index (κ3) is 5.86. The first kappa shape index (κ1) is 17.7. The smallest absolute Gasteiger partial charge is 0.276 e. The summed E-state index contributed by atoms with van der Waals surface area (Å²) in [5.74, 6) is -1.14. The summed E-state index contributed by atoms with van der Waals surface area (Å²) in [6, 6.07) is 5.22. The Kier molecular flexibility index (Phi) is 6.53. The molecule has 24 heavy (non-hydrogen) atoms. The van der Waals surface area contributed by atoms with E-state index in [4.69, 9.17) is 4.74 Å². The SMILES string of the molecule is O=C(COc1ccc(F)cc1)NNC(=O)CN1CCCCCC1=O. The minimum absolute atomic E-state index is 0.0476. The van der Waals surface area contributed by atoms with Crippen molar-refractivity contribution in [2.24, 2.45) is 0 Å². The summed E-state index contributed by atoms with van der Waals surface area (Å²) < 4.78 is 17.9. The number of benzene rings is 1. The van der Waals surface area contributed by atoms with Gasteiger partial charge in [-0.3, -0.25) is 25.2 Å². The van der Waals surface area contributed by atoms with Crippen LogP contribution in [-0.4, -0.2) is 42.3 Å². The Hall–Kier alpha value is -2.64. The molecular weight excluding hydrogens is 317 g/mol. The fourth-order valence-electron chi connectivity index (χ4n) is 2.27. The van der Waals surface area contributed by atoms with Crippen LogP contribution >= 0.6 is 0 Å². The molecule has 1 saturated heterocycles. The highest BCUT2D eigenvalue weighted by molar-refractivity contribution is 5.87. The zero-order chi connectivity index (χ0) is 17.4. The number of carbonyl (C=O) groups excluding carboxylic acids is 3. The van der Waals surface area contributed by atoms with E-state index in [9.17, 15) is 18.8 Å². The molecule has 1 heterocycles. The molecule has 0 radical (unpaired) electrons. The minimum Gasteiger partial charge on any atom is -0.484 e. The van der Waals surface area contributed by atoms with Gasteiger partial charge in [-0.05, 0) is 37.1 Å². The monoisotopic (exact) mass is 337 g/mol. The first-order valence-corrected chi connectivity index (χ1v) is 7.78. The fourth-order valence-corrected chi connectivity index (χ4v) is 2.27. The van der Waals surface area contributed by atoms with Gasteiger partial charge in [-0.15, -0.1) is 0 Å². The summed E-state index contributed by atoms with van der Waals surface area (Å²) in [6.45, 7) is 0.139. The van der Waals surface area contributed by atoms with E-state index in [0.717, 1.165) is 19.3 Å². The number of nitrogens with one attached hydrogen (secondary N) is 2. The fraction of sp³-hybridized carbons (Fsp3) is 0.438. The van der Waals surface area contributed by atoms with Crippen LogP contribution in [0.25, 0.3) is 0 Å². The van der Waals surface area contributed by atoms with E-state index in [2.05, 4.69) is 10.9 Å². The van der Waals surface area contributed by atoms with Crippen molar-refractivity contribution in [3.8, 4) is 5.75 Å². The maximum Gasteiger partial charge on any atom is 0.276 e. The summed E-state index contributed by atoms with van der Waals surface area (Å²) in [4.78, 5) is 36.6. The van der Waals surface area contributed by atoms with Gasteiger partial charge >= 0.3 is 0 Å². The van der Waals surface area contributed by atoms with Crippen LogP contribution in [0.3, 0.4) is 0 Å². The predicted octanol–water partition coefficient (Wildman–Crippen LogP) is 0.754. The average Bonchev–Trinajstić information content (AvgIpc) is 2.77. The molecule has 2 N–H and O–H groups in total. The lowest BCUT2D eigenvalue weighted by Gasteiger charge is -2.19. The Morgan fingerprint density at radius 3 is 2.54 bits per heavy atom. The second-order valence-corrected chi connectivity index (χ2v) is 5.46. The van der Waals surface area contributed by atoms with Gasteiger partial charge in [-0.25, -0.2) is 4.39 Å². The normalized spacial score (nSPS) is 14.7. The van der Waals surface area contributed by atoms with Crippen molar-refractivity contribution in [1.29, 1.82) is 0 Å². The van der Waals surface area contributed by atoms with E-state index in [1.165, 1.54) is 29.2 Å². The van der Waals surface area contributed by atoms with Crippen LogP contribution in [0.1, 0.15) is 25.7 Å². The van der Waals surface area contributed by atoms with Gasteiger partial charge in [0.15, 0.2) is 6.61 Å². The van der Waals surface area contributed by atoms with Crippen molar-refractivity contribution < 1.29 is 23.5 Å². The zero-order valence-corrected chi connectivity index (χ0v) is 13.2. The molecule has 1 aliphatic heterocycles. The van der Waals surface area contributed by atoms with Crippen molar-refractivity contribution in [2.75, 3.05) is 19.7 Å². The third-order valence-corrected chi connectivity index (χ3v) is 3.53. The lowest BCUT2D eigenvalue weighted by atomic mass is 10.2. The zero-order valence-electron chi connectivity index (χ0n) is 13.2.